The van der Waals surface area contributed by atoms with Crippen LogP contribution in [-0.2, 0) is 13.1 Å². The molecule has 6 heteroatoms. The number of aryl methyl sites for hydroxylation is 1. The van der Waals surface area contributed by atoms with Crippen molar-refractivity contribution < 1.29 is 4.42 Å². The van der Waals surface area contributed by atoms with Gasteiger partial charge in [-0.15, -0.1) is 11.3 Å². The Morgan fingerprint density at radius 3 is 2.96 bits per heavy atom. The van der Waals surface area contributed by atoms with E-state index in [2.05, 4.69) is 28.9 Å². The van der Waals surface area contributed by atoms with Crippen LogP contribution in [0.1, 0.15) is 42.2 Å². The second kappa shape index (κ2) is 5.86. The predicted octanol–water partition coefficient (Wildman–Crippen LogP) is 3.41. The number of furan rings is 1. The number of hydrogen-bond donors (Lipinski definition) is 0. The van der Waals surface area contributed by atoms with E-state index in [9.17, 15) is 4.79 Å². The van der Waals surface area contributed by atoms with Gasteiger partial charge in [-0.05, 0) is 38.4 Å². The first-order chi connectivity index (χ1) is 11.5. The molecule has 1 saturated carbocycles. The Hall–Kier alpha value is -1.92. The highest BCUT2D eigenvalue weighted by atomic mass is 32.1. The maximum absolute atomic E-state index is 12.2. The molecule has 24 heavy (non-hydrogen) atoms. The monoisotopic (exact) mass is 343 g/mol. The Labute approximate surface area is 144 Å². The summed E-state index contributed by atoms with van der Waals surface area (Å²) in [6.07, 6.45) is 1.23. The standard InChI is InChI=1S/C18H21N3O2S/c1-11-6-15(11)16-5-4-14(23-16)9-20(3)8-13-7-17(22)21-12(2)10-24-18(21)19-13/h4-5,7,10-11,15H,6,8-9H2,1-3H3. The third-order valence-corrected chi connectivity index (χ3v) is 5.59. The minimum Gasteiger partial charge on any atom is -0.464 e. The van der Waals surface area contributed by atoms with Crippen LogP contribution in [0.3, 0.4) is 0 Å². The first-order valence-electron chi connectivity index (χ1n) is 8.25. The second-order valence-corrected chi connectivity index (χ2v) is 7.71. The van der Waals surface area contributed by atoms with E-state index in [1.165, 1.54) is 17.8 Å². The van der Waals surface area contributed by atoms with E-state index in [1.807, 2.05) is 19.4 Å². The highest BCUT2D eigenvalue weighted by molar-refractivity contribution is 7.15. The highest BCUT2D eigenvalue weighted by Crippen LogP contribution is 2.47. The lowest BCUT2D eigenvalue weighted by atomic mass is 10.3. The zero-order valence-corrected chi connectivity index (χ0v) is 15.0. The Bertz CT molecular complexity index is 939. The quantitative estimate of drug-likeness (QED) is 0.712. The van der Waals surface area contributed by atoms with Gasteiger partial charge in [-0.1, -0.05) is 6.92 Å². The van der Waals surface area contributed by atoms with E-state index in [4.69, 9.17) is 4.42 Å². The van der Waals surface area contributed by atoms with Gasteiger partial charge in [0.05, 0.1) is 12.2 Å². The summed E-state index contributed by atoms with van der Waals surface area (Å²) < 4.78 is 7.61. The molecule has 0 saturated heterocycles. The van der Waals surface area contributed by atoms with E-state index in [0.717, 1.165) is 33.8 Å². The zero-order chi connectivity index (χ0) is 16.8. The molecule has 0 spiro atoms. The zero-order valence-electron chi connectivity index (χ0n) is 14.2. The molecule has 1 aliphatic carbocycles. The van der Waals surface area contributed by atoms with Gasteiger partial charge < -0.3 is 4.42 Å². The number of fused-ring (bicyclic) bond motifs is 1. The molecule has 2 unspecified atom stereocenters. The molecule has 0 aromatic carbocycles. The van der Waals surface area contributed by atoms with E-state index in [-0.39, 0.29) is 5.56 Å². The number of rotatable bonds is 5. The van der Waals surface area contributed by atoms with Gasteiger partial charge in [0, 0.05) is 29.6 Å². The smallest absolute Gasteiger partial charge is 0.259 e. The molecule has 0 radical (unpaired) electrons. The average Bonchev–Trinajstić information content (AvgIpc) is 2.92. The molecule has 5 nitrogen and oxygen atoms in total. The Kier molecular flexibility index (Phi) is 3.81. The second-order valence-electron chi connectivity index (χ2n) is 6.88. The van der Waals surface area contributed by atoms with Gasteiger partial charge in [0.2, 0.25) is 0 Å². The average molecular weight is 343 g/mol. The van der Waals surface area contributed by atoms with Crippen molar-refractivity contribution in [1.29, 1.82) is 0 Å². The number of hydrogen-bond acceptors (Lipinski definition) is 5. The van der Waals surface area contributed by atoms with E-state index in [0.29, 0.717) is 19.0 Å². The summed E-state index contributed by atoms with van der Waals surface area (Å²) in [6.45, 7) is 5.52. The molecule has 4 rings (SSSR count). The molecule has 0 bridgehead atoms. The van der Waals surface area contributed by atoms with Gasteiger partial charge in [0.15, 0.2) is 4.96 Å². The van der Waals surface area contributed by atoms with Crippen LogP contribution in [0.25, 0.3) is 4.96 Å². The number of thiazole rings is 1. The molecule has 0 N–H and O–H groups in total. The van der Waals surface area contributed by atoms with Crippen molar-refractivity contribution in [2.24, 2.45) is 5.92 Å². The van der Waals surface area contributed by atoms with Crippen molar-refractivity contribution in [3.8, 4) is 0 Å². The summed E-state index contributed by atoms with van der Waals surface area (Å²) >= 11 is 1.50. The van der Waals surface area contributed by atoms with Crippen LogP contribution in [0.5, 0.6) is 0 Å². The van der Waals surface area contributed by atoms with Gasteiger partial charge >= 0.3 is 0 Å². The summed E-state index contributed by atoms with van der Waals surface area (Å²) in [5.41, 5.74) is 1.72. The van der Waals surface area contributed by atoms with Crippen molar-refractivity contribution >= 4 is 16.3 Å². The minimum absolute atomic E-state index is 0.00911. The highest BCUT2D eigenvalue weighted by Gasteiger charge is 2.36. The fraction of sp³-hybridized carbons (Fsp3) is 0.444. The number of nitrogens with zero attached hydrogens (tertiary/aromatic N) is 3. The maximum atomic E-state index is 12.2. The van der Waals surface area contributed by atoms with Crippen LogP contribution in [0.15, 0.2) is 32.8 Å². The largest absolute Gasteiger partial charge is 0.464 e. The van der Waals surface area contributed by atoms with Gasteiger partial charge in [-0.25, -0.2) is 4.98 Å². The maximum Gasteiger partial charge on any atom is 0.259 e. The minimum atomic E-state index is -0.00911. The molecule has 3 aromatic heterocycles. The van der Waals surface area contributed by atoms with Gasteiger partial charge in [0.25, 0.3) is 5.56 Å². The molecule has 126 valence electrons. The normalized spacial score (nSPS) is 20.2. The van der Waals surface area contributed by atoms with Crippen molar-refractivity contribution in [2.75, 3.05) is 7.05 Å². The SMILES string of the molecule is Cc1csc2nc(CN(C)Cc3ccc(C4CC4C)o3)cc(=O)n12. The van der Waals surface area contributed by atoms with Crippen LogP contribution in [0.2, 0.25) is 0 Å². The van der Waals surface area contributed by atoms with Crippen molar-refractivity contribution in [1.82, 2.24) is 14.3 Å². The number of aromatic nitrogens is 2. The van der Waals surface area contributed by atoms with Crippen LogP contribution in [-0.4, -0.2) is 21.3 Å². The lowest BCUT2D eigenvalue weighted by Gasteiger charge is -2.14. The van der Waals surface area contributed by atoms with Crippen LogP contribution in [0.4, 0.5) is 0 Å². The summed E-state index contributed by atoms with van der Waals surface area (Å²) in [4.78, 5) is 19.7. The van der Waals surface area contributed by atoms with Gasteiger partial charge in [0.1, 0.15) is 11.5 Å². The first-order valence-corrected chi connectivity index (χ1v) is 9.13. The van der Waals surface area contributed by atoms with Crippen molar-refractivity contribution in [3.05, 3.63) is 56.8 Å². The van der Waals surface area contributed by atoms with E-state index >= 15 is 0 Å². The van der Waals surface area contributed by atoms with Crippen LogP contribution >= 0.6 is 11.3 Å². The summed E-state index contributed by atoms with van der Waals surface area (Å²) in [7, 11) is 2.02. The Morgan fingerprint density at radius 1 is 1.42 bits per heavy atom. The van der Waals surface area contributed by atoms with E-state index < -0.39 is 0 Å². The first kappa shape index (κ1) is 15.6. The Morgan fingerprint density at radius 2 is 2.21 bits per heavy atom. The predicted molar refractivity (Wildman–Crippen MR) is 94.5 cm³/mol. The molecular formula is C18H21N3O2S. The molecule has 3 aromatic rings. The molecule has 0 aliphatic heterocycles. The summed E-state index contributed by atoms with van der Waals surface area (Å²) in [5, 5.41) is 1.96. The Balaban J connectivity index is 1.46. The molecule has 1 aliphatic rings. The van der Waals surface area contributed by atoms with Gasteiger partial charge in [-0.3, -0.25) is 14.1 Å². The van der Waals surface area contributed by atoms with Crippen molar-refractivity contribution in [3.63, 3.8) is 0 Å². The third-order valence-electron chi connectivity index (χ3n) is 4.64. The lowest BCUT2D eigenvalue weighted by molar-refractivity contribution is 0.280. The summed E-state index contributed by atoms with van der Waals surface area (Å²) in [5.74, 6) is 3.43. The molecule has 3 heterocycles. The lowest BCUT2D eigenvalue weighted by Crippen LogP contribution is -2.21. The third kappa shape index (κ3) is 2.91. The fourth-order valence-electron chi connectivity index (χ4n) is 3.18. The molecular weight excluding hydrogens is 322 g/mol. The topological polar surface area (TPSA) is 50.8 Å². The molecule has 2 atom stereocenters. The van der Waals surface area contributed by atoms with Crippen LogP contribution < -0.4 is 5.56 Å². The van der Waals surface area contributed by atoms with Crippen molar-refractivity contribution in [2.45, 2.75) is 39.3 Å². The van der Waals surface area contributed by atoms with E-state index in [1.54, 1.807) is 10.5 Å². The summed E-state index contributed by atoms with van der Waals surface area (Å²) in [6, 6.07) is 5.79. The van der Waals surface area contributed by atoms with Gasteiger partial charge in [-0.2, -0.15) is 0 Å². The fourth-order valence-corrected chi connectivity index (χ4v) is 4.07. The molecule has 0 amide bonds. The van der Waals surface area contributed by atoms with Crippen LogP contribution in [0, 0.1) is 12.8 Å². The molecule has 1 fully saturated rings.